The number of benzene rings is 1. The number of nitrogens with zero attached hydrogens (tertiary/aromatic N) is 2. The zero-order valence-corrected chi connectivity index (χ0v) is 14.4. The summed E-state index contributed by atoms with van der Waals surface area (Å²) in [6, 6.07) is 8.81. The van der Waals surface area contributed by atoms with Crippen molar-refractivity contribution in [3.8, 4) is 17.0 Å². The van der Waals surface area contributed by atoms with E-state index in [4.69, 9.17) is 9.72 Å². The lowest BCUT2D eigenvalue weighted by molar-refractivity contribution is 0.172. The van der Waals surface area contributed by atoms with Gasteiger partial charge < -0.3 is 9.64 Å². The minimum atomic E-state index is 0.624. The van der Waals surface area contributed by atoms with E-state index in [2.05, 4.69) is 36.3 Å². The van der Waals surface area contributed by atoms with Crippen molar-refractivity contribution in [2.24, 2.45) is 0 Å². The number of aromatic nitrogens is 1. The van der Waals surface area contributed by atoms with Crippen LogP contribution in [0, 0.1) is 0 Å². The number of rotatable bonds is 4. The molecule has 0 amide bonds. The Morgan fingerprint density at radius 3 is 2.73 bits per heavy atom. The zero-order valence-electron chi connectivity index (χ0n) is 13.6. The fraction of sp³-hybridized carbons (Fsp3) is 0.500. The van der Waals surface area contributed by atoms with Crippen LogP contribution in [0.15, 0.2) is 29.6 Å². The van der Waals surface area contributed by atoms with Gasteiger partial charge in [0.1, 0.15) is 5.75 Å². The van der Waals surface area contributed by atoms with Gasteiger partial charge in [0.05, 0.1) is 17.8 Å². The Morgan fingerprint density at radius 2 is 2.05 bits per heavy atom. The molecule has 118 valence electrons. The van der Waals surface area contributed by atoms with Gasteiger partial charge in [0.2, 0.25) is 0 Å². The van der Waals surface area contributed by atoms with Crippen molar-refractivity contribution in [3.63, 3.8) is 0 Å². The third-order valence-electron chi connectivity index (χ3n) is 4.50. The van der Waals surface area contributed by atoms with Gasteiger partial charge in [-0.1, -0.05) is 12.1 Å². The standard InChI is InChI=1S/C18H24N2OS/c1-13(2)20-9-7-14(8-10-20)18-19-17(12-22-18)15-5-4-6-16(11-15)21-3/h4-6,11-14H,7-10H2,1-3H3. The van der Waals surface area contributed by atoms with Crippen LogP contribution < -0.4 is 4.74 Å². The topological polar surface area (TPSA) is 25.4 Å². The summed E-state index contributed by atoms with van der Waals surface area (Å²) in [4.78, 5) is 7.46. The zero-order chi connectivity index (χ0) is 15.5. The fourth-order valence-electron chi connectivity index (χ4n) is 3.05. The second-order valence-corrected chi connectivity index (χ2v) is 7.10. The minimum absolute atomic E-state index is 0.624. The summed E-state index contributed by atoms with van der Waals surface area (Å²) in [5.41, 5.74) is 2.21. The number of ether oxygens (including phenoxy) is 1. The summed E-state index contributed by atoms with van der Waals surface area (Å²) < 4.78 is 5.30. The van der Waals surface area contributed by atoms with Gasteiger partial charge in [-0.2, -0.15) is 0 Å². The molecule has 1 aliphatic heterocycles. The Kier molecular flexibility index (Phi) is 4.79. The van der Waals surface area contributed by atoms with Gasteiger partial charge in [-0.05, 0) is 51.9 Å². The highest BCUT2D eigenvalue weighted by atomic mass is 32.1. The Labute approximate surface area is 137 Å². The van der Waals surface area contributed by atoms with E-state index in [0.29, 0.717) is 12.0 Å². The Balaban J connectivity index is 1.71. The molecule has 1 aliphatic rings. The van der Waals surface area contributed by atoms with Crippen LogP contribution in [0.2, 0.25) is 0 Å². The number of piperidine rings is 1. The molecule has 0 atom stereocenters. The van der Waals surface area contributed by atoms with Gasteiger partial charge in [0.25, 0.3) is 0 Å². The van der Waals surface area contributed by atoms with Crippen LogP contribution in [-0.2, 0) is 0 Å². The molecule has 1 saturated heterocycles. The molecule has 0 aliphatic carbocycles. The van der Waals surface area contributed by atoms with Crippen molar-refractivity contribution in [2.45, 2.75) is 38.6 Å². The van der Waals surface area contributed by atoms with Crippen LogP contribution >= 0.6 is 11.3 Å². The second-order valence-electron chi connectivity index (χ2n) is 6.21. The molecule has 0 radical (unpaired) electrons. The van der Waals surface area contributed by atoms with Crippen LogP contribution in [0.3, 0.4) is 0 Å². The highest BCUT2D eigenvalue weighted by Crippen LogP contribution is 2.33. The number of likely N-dealkylation sites (tertiary alicyclic amines) is 1. The molecule has 4 heteroatoms. The maximum absolute atomic E-state index is 5.30. The quantitative estimate of drug-likeness (QED) is 0.835. The van der Waals surface area contributed by atoms with Crippen LogP contribution in [0.5, 0.6) is 5.75 Å². The Hall–Kier alpha value is -1.39. The number of hydrogen-bond acceptors (Lipinski definition) is 4. The van der Waals surface area contributed by atoms with Crippen molar-refractivity contribution in [1.82, 2.24) is 9.88 Å². The predicted molar refractivity (Wildman–Crippen MR) is 92.8 cm³/mol. The number of thiazole rings is 1. The Morgan fingerprint density at radius 1 is 1.27 bits per heavy atom. The molecule has 2 aromatic rings. The van der Waals surface area contributed by atoms with E-state index in [-0.39, 0.29) is 0 Å². The van der Waals surface area contributed by atoms with Crippen molar-refractivity contribution in [2.75, 3.05) is 20.2 Å². The van der Waals surface area contributed by atoms with Crippen molar-refractivity contribution in [1.29, 1.82) is 0 Å². The number of methoxy groups -OCH3 is 1. The molecular formula is C18H24N2OS. The first kappa shape index (κ1) is 15.5. The summed E-state index contributed by atoms with van der Waals surface area (Å²) in [6.45, 7) is 6.95. The van der Waals surface area contributed by atoms with E-state index >= 15 is 0 Å². The molecule has 1 aromatic carbocycles. The Bertz CT molecular complexity index is 615. The van der Waals surface area contributed by atoms with Crippen molar-refractivity contribution in [3.05, 3.63) is 34.7 Å². The maximum Gasteiger partial charge on any atom is 0.119 e. The molecule has 2 heterocycles. The molecular weight excluding hydrogens is 292 g/mol. The predicted octanol–water partition coefficient (Wildman–Crippen LogP) is 4.41. The lowest BCUT2D eigenvalue weighted by Crippen LogP contribution is -2.37. The summed E-state index contributed by atoms with van der Waals surface area (Å²) in [7, 11) is 1.70. The second kappa shape index (κ2) is 6.80. The molecule has 3 rings (SSSR count). The normalized spacial score (nSPS) is 17.1. The first-order chi connectivity index (χ1) is 10.7. The van der Waals surface area contributed by atoms with E-state index in [1.807, 2.05) is 12.1 Å². The molecule has 0 N–H and O–H groups in total. The molecule has 1 fully saturated rings. The van der Waals surface area contributed by atoms with Gasteiger partial charge in [-0.25, -0.2) is 4.98 Å². The molecule has 0 saturated carbocycles. The third-order valence-corrected chi connectivity index (χ3v) is 5.50. The average molecular weight is 316 g/mol. The SMILES string of the molecule is COc1cccc(-c2csc(C3CCN(C(C)C)CC3)n2)c1. The van der Waals surface area contributed by atoms with Gasteiger partial charge in [-0.15, -0.1) is 11.3 Å². The lowest BCUT2D eigenvalue weighted by atomic mass is 9.96. The number of hydrogen-bond donors (Lipinski definition) is 0. The van der Waals surface area contributed by atoms with Gasteiger partial charge in [0.15, 0.2) is 0 Å². The highest BCUT2D eigenvalue weighted by molar-refractivity contribution is 7.10. The van der Waals surface area contributed by atoms with Gasteiger partial charge >= 0.3 is 0 Å². The minimum Gasteiger partial charge on any atom is -0.497 e. The van der Waals surface area contributed by atoms with Crippen LogP contribution in [-0.4, -0.2) is 36.1 Å². The van der Waals surface area contributed by atoms with E-state index in [1.54, 1.807) is 18.4 Å². The van der Waals surface area contributed by atoms with Crippen molar-refractivity contribution < 1.29 is 4.74 Å². The summed E-state index contributed by atoms with van der Waals surface area (Å²) in [5, 5.41) is 3.47. The fourth-order valence-corrected chi connectivity index (χ4v) is 4.05. The van der Waals surface area contributed by atoms with E-state index in [1.165, 1.54) is 30.9 Å². The monoisotopic (exact) mass is 316 g/mol. The molecule has 1 aromatic heterocycles. The van der Waals surface area contributed by atoms with Crippen molar-refractivity contribution >= 4 is 11.3 Å². The van der Waals surface area contributed by atoms with Gasteiger partial charge in [-0.3, -0.25) is 0 Å². The first-order valence-electron chi connectivity index (χ1n) is 8.01. The van der Waals surface area contributed by atoms with Crippen LogP contribution in [0.4, 0.5) is 0 Å². The first-order valence-corrected chi connectivity index (χ1v) is 8.89. The van der Waals surface area contributed by atoms with Gasteiger partial charge in [0, 0.05) is 22.9 Å². The highest BCUT2D eigenvalue weighted by Gasteiger charge is 2.24. The molecule has 0 spiro atoms. The lowest BCUT2D eigenvalue weighted by Gasteiger charge is -2.33. The summed E-state index contributed by atoms with van der Waals surface area (Å²) in [6.07, 6.45) is 2.45. The van der Waals surface area contributed by atoms with E-state index in [9.17, 15) is 0 Å². The molecule has 3 nitrogen and oxygen atoms in total. The summed E-state index contributed by atoms with van der Waals surface area (Å²) in [5.74, 6) is 1.51. The molecule has 0 unspecified atom stereocenters. The van der Waals surface area contributed by atoms with Crippen LogP contribution in [0.25, 0.3) is 11.3 Å². The van der Waals surface area contributed by atoms with Crippen LogP contribution in [0.1, 0.15) is 37.6 Å². The third kappa shape index (κ3) is 3.33. The maximum atomic E-state index is 5.30. The van der Waals surface area contributed by atoms with E-state index in [0.717, 1.165) is 17.0 Å². The average Bonchev–Trinajstić information content (AvgIpc) is 3.05. The smallest absolute Gasteiger partial charge is 0.119 e. The molecule has 22 heavy (non-hydrogen) atoms. The summed E-state index contributed by atoms with van der Waals surface area (Å²) >= 11 is 1.80. The molecule has 0 bridgehead atoms. The largest absolute Gasteiger partial charge is 0.497 e. The van der Waals surface area contributed by atoms with E-state index < -0.39 is 0 Å².